The third-order valence-electron chi connectivity index (χ3n) is 4.55. The summed E-state index contributed by atoms with van der Waals surface area (Å²) in [6.45, 7) is 2.72. The van der Waals surface area contributed by atoms with Crippen molar-refractivity contribution in [2.75, 3.05) is 13.2 Å². The van der Waals surface area contributed by atoms with E-state index in [2.05, 4.69) is 29.7 Å². The first-order valence-electron chi connectivity index (χ1n) is 8.62. The van der Waals surface area contributed by atoms with Crippen LogP contribution in [0.15, 0.2) is 48.5 Å². The first kappa shape index (κ1) is 17.3. The zero-order chi connectivity index (χ0) is 17.6. The molecule has 5 heteroatoms. The number of hydrogen-bond donors (Lipinski definition) is 3. The van der Waals surface area contributed by atoms with Crippen molar-refractivity contribution in [1.29, 1.82) is 0 Å². The molecule has 0 radical (unpaired) electrons. The van der Waals surface area contributed by atoms with E-state index in [-0.39, 0.29) is 25.3 Å². The molecular formula is C20H24N2O3. The van der Waals surface area contributed by atoms with E-state index < -0.39 is 0 Å². The molecule has 0 aliphatic heterocycles. The third kappa shape index (κ3) is 4.12. The summed E-state index contributed by atoms with van der Waals surface area (Å²) in [4.78, 5) is 12.4. The minimum absolute atomic E-state index is 0.0390. The molecular weight excluding hydrogens is 316 g/mol. The van der Waals surface area contributed by atoms with Gasteiger partial charge in [-0.05, 0) is 29.5 Å². The van der Waals surface area contributed by atoms with Gasteiger partial charge in [0.2, 0.25) is 0 Å². The Kier molecular flexibility index (Phi) is 5.56. The van der Waals surface area contributed by atoms with Crippen molar-refractivity contribution in [2.45, 2.75) is 25.9 Å². The maximum atomic E-state index is 12.4. The standard InChI is InChI=1S/C20H24N2O3/c1-14-12-15-6-2-4-8-17(15)19(14)22-20(24)21-13-16-7-3-5-9-18(16)25-11-10-23/h2-9,14,19,23H,10-13H2,1H3,(H2,21,22,24). The van der Waals surface area contributed by atoms with E-state index >= 15 is 0 Å². The lowest BCUT2D eigenvalue weighted by Crippen LogP contribution is -2.38. The first-order valence-corrected chi connectivity index (χ1v) is 8.62. The number of ether oxygens (including phenoxy) is 1. The molecule has 5 nitrogen and oxygen atoms in total. The zero-order valence-electron chi connectivity index (χ0n) is 14.4. The van der Waals surface area contributed by atoms with E-state index in [9.17, 15) is 4.79 Å². The van der Waals surface area contributed by atoms with Crippen LogP contribution in [0.5, 0.6) is 5.75 Å². The highest BCUT2D eigenvalue weighted by Gasteiger charge is 2.30. The Bertz CT molecular complexity index is 732. The fourth-order valence-electron chi connectivity index (χ4n) is 3.33. The summed E-state index contributed by atoms with van der Waals surface area (Å²) >= 11 is 0. The number of amides is 2. The van der Waals surface area contributed by atoms with Crippen molar-refractivity contribution in [1.82, 2.24) is 10.6 Å². The molecule has 1 aliphatic rings. The number of aliphatic hydroxyl groups excluding tert-OH is 1. The number of para-hydroxylation sites is 1. The van der Waals surface area contributed by atoms with Crippen LogP contribution in [0.3, 0.4) is 0 Å². The molecule has 0 fully saturated rings. The Morgan fingerprint density at radius 3 is 2.80 bits per heavy atom. The van der Waals surface area contributed by atoms with Gasteiger partial charge in [-0.15, -0.1) is 0 Å². The van der Waals surface area contributed by atoms with Crippen molar-refractivity contribution >= 4 is 6.03 Å². The molecule has 0 heterocycles. The molecule has 3 N–H and O–H groups in total. The maximum absolute atomic E-state index is 12.4. The normalized spacial score (nSPS) is 18.5. The van der Waals surface area contributed by atoms with Crippen LogP contribution in [0.25, 0.3) is 0 Å². The van der Waals surface area contributed by atoms with Crippen LogP contribution in [0.1, 0.15) is 29.7 Å². The van der Waals surface area contributed by atoms with E-state index in [4.69, 9.17) is 9.84 Å². The number of hydrogen-bond acceptors (Lipinski definition) is 3. The highest BCUT2D eigenvalue weighted by molar-refractivity contribution is 5.74. The van der Waals surface area contributed by atoms with Gasteiger partial charge in [-0.2, -0.15) is 0 Å². The number of rotatable bonds is 6. The molecule has 2 unspecified atom stereocenters. The molecule has 3 rings (SSSR count). The summed E-state index contributed by atoms with van der Waals surface area (Å²) in [7, 11) is 0. The number of benzene rings is 2. The van der Waals surface area contributed by atoms with Crippen molar-refractivity contribution in [2.24, 2.45) is 5.92 Å². The Hall–Kier alpha value is -2.53. The molecule has 2 amide bonds. The van der Waals surface area contributed by atoms with Crippen LogP contribution >= 0.6 is 0 Å². The van der Waals surface area contributed by atoms with Crippen LogP contribution in [0, 0.1) is 5.92 Å². The molecule has 0 bridgehead atoms. The van der Waals surface area contributed by atoms with Crippen molar-refractivity contribution in [3.05, 3.63) is 65.2 Å². The predicted molar refractivity (Wildman–Crippen MR) is 96.4 cm³/mol. The van der Waals surface area contributed by atoms with Gasteiger partial charge in [0.15, 0.2) is 0 Å². The van der Waals surface area contributed by atoms with Crippen LogP contribution in [-0.4, -0.2) is 24.4 Å². The second-order valence-electron chi connectivity index (χ2n) is 6.36. The molecule has 0 saturated heterocycles. The van der Waals surface area contributed by atoms with Gasteiger partial charge in [0.25, 0.3) is 0 Å². The van der Waals surface area contributed by atoms with Crippen LogP contribution < -0.4 is 15.4 Å². The average Bonchev–Trinajstić information content (AvgIpc) is 2.94. The number of aliphatic hydroxyl groups is 1. The lowest BCUT2D eigenvalue weighted by Gasteiger charge is -2.19. The quantitative estimate of drug-likeness (QED) is 0.757. The first-order chi connectivity index (χ1) is 12.2. The van der Waals surface area contributed by atoms with Crippen molar-refractivity contribution < 1.29 is 14.6 Å². The minimum atomic E-state index is -0.189. The van der Waals surface area contributed by atoms with Gasteiger partial charge >= 0.3 is 6.03 Å². The number of carbonyl (C=O) groups is 1. The fraction of sp³-hybridized carbons (Fsp3) is 0.350. The van der Waals surface area contributed by atoms with E-state index in [1.807, 2.05) is 36.4 Å². The number of fused-ring (bicyclic) bond motifs is 1. The predicted octanol–water partition coefficient (Wildman–Crippen LogP) is 2.79. The second-order valence-corrected chi connectivity index (χ2v) is 6.36. The van der Waals surface area contributed by atoms with Gasteiger partial charge in [0.1, 0.15) is 12.4 Å². The smallest absolute Gasteiger partial charge is 0.315 e. The number of carbonyl (C=O) groups excluding carboxylic acids is 1. The molecule has 0 saturated carbocycles. The van der Waals surface area contributed by atoms with Crippen LogP contribution in [0.2, 0.25) is 0 Å². The molecule has 1 aliphatic carbocycles. The highest BCUT2D eigenvalue weighted by atomic mass is 16.5. The SMILES string of the molecule is CC1Cc2ccccc2C1NC(=O)NCc1ccccc1OCCO. The Morgan fingerprint density at radius 2 is 1.96 bits per heavy atom. The Morgan fingerprint density at radius 1 is 1.20 bits per heavy atom. The van der Waals surface area contributed by atoms with Gasteiger partial charge in [0.05, 0.1) is 12.6 Å². The van der Waals surface area contributed by atoms with Gasteiger partial charge in [-0.25, -0.2) is 4.79 Å². The fourth-order valence-corrected chi connectivity index (χ4v) is 3.33. The molecule has 2 aromatic rings. The van der Waals surface area contributed by atoms with Crippen LogP contribution in [-0.2, 0) is 13.0 Å². The summed E-state index contributed by atoms with van der Waals surface area (Å²) in [6.07, 6.45) is 0.985. The topological polar surface area (TPSA) is 70.6 Å². The molecule has 0 aromatic heterocycles. The minimum Gasteiger partial charge on any atom is -0.491 e. The van der Waals surface area contributed by atoms with Crippen LogP contribution in [0.4, 0.5) is 4.79 Å². The molecule has 0 spiro atoms. The summed E-state index contributed by atoms with van der Waals surface area (Å²) in [6, 6.07) is 15.6. The third-order valence-corrected chi connectivity index (χ3v) is 4.55. The van der Waals surface area contributed by atoms with Gasteiger partial charge in [-0.1, -0.05) is 49.4 Å². The van der Waals surface area contributed by atoms with E-state index in [0.29, 0.717) is 18.2 Å². The number of urea groups is 1. The Balaban J connectivity index is 1.59. The molecule has 2 aromatic carbocycles. The largest absolute Gasteiger partial charge is 0.491 e. The molecule has 2 atom stereocenters. The molecule has 25 heavy (non-hydrogen) atoms. The van der Waals surface area contributed by atoms with Crippen molar-refractivity contribution in [3.63, 3.8) is 0 Å². The second kappa shape index (κ2) is 8.03. The lowest BCUT2D eigenvalue weighted by atomic mass is 10.0. The van der Waals surface area contributed by atoms with Gasteiger partial charge in [0, 0.05) is 12.1 Å². The van der Waals surface area contributed by atoms with E-state index in [1.165, 1.54) is 11.1 Å². The average molecular weight is 340 g/mol. The highest BCUT2D eigenvalue weighted by Crippen LogP contribution is 2.35. The summed E-state index contributed by atoms with van der Waals surface area (Å²) < 4.78 is 5.49. The monoisotopic (exact) mass is 340 g/mol. The lowest BCUT2D eigenvalue weighted by molar-refractivity contribution is 0.200. The van der Waals surface area contributed by atoms with Gasteiger partial charge in [-0.3, -0.25) is 0 Å². The van der Waals surface area contributed by atoms with Gasteiger partial charge < -0.3 is 20.5 Å². The molecule has 132 valence electrons. The summed E-state index contributed by atoms with van der Waals surface area (Å²) in [5.74, 6) is 1.06. The van der Waals surface area contributed by atoms with E-state index in [0.717, 1.165) is 12.0 Å². The van der Waals surface area contributed by atoms with Crippen molar-refractivity contribution in [3.8, 4) is 5.75 Å². The maximum Gasteiger partial charge on any atom is 0.315 e. The summed E-state index contributed by atoms with van der Waals surface area (Å²) in [5.41, 5.74) is 3.39. The van der Waals surface area contributed by atoms with E-state index in [1.54, 1.807) is 0 Å². The number of nitrogens with one attached hydrogen (secondary N) is 2. The zero-order valence-corrected chi connectivity index (χ0v) is 14.4. The summed E-state index contributed by atoms with van der Waals surface area (Å²) in [5, 5.41) is 14.9. The Labute approximate surface area is 148 Å².